The van der Waals surface area contributed by atoms with Gasteiger partial charge in [-0.15, -0.1) is 0 Å². The first-order chi connectivity index (χ1) is 24.8. The van der Waals surface area contributed by atoms with Crippen LogP contribution in [0.3, 0.4) is 0 Å². The number of nitrogens with one attached hydrogen (secondary N) is 1. The molecule has 0 aliphatic carbocycles. The molecule has 268 valence electrons. The molecule has 3 aliphatic heterocycles. The molecule has 3 aromatic rings. The summed E-state index contributed by atoms with van der Waals surface area (Å²) in [5.41, 5.74) is 2.08. The van der Waals surface area contributed by atoms with Gasteiger partial charge in [-0.2, -0.15) is 0 Å². The maximum atomic E-state index is 14.6. The zero-order valence-electron chi connectivity index (χ0n) is 29.7. The zero-order chi connectivity index (χ0) is 35.8. The number of hydrogen-bond acceptors (Lipinski definition) is 4. The first kappa shape index (κ1) is 36.3. The van der Waals surface area contributed by atoms with Gasteiger partial charge in [-0.25, -0.2) is 0 Å². The number of carbonyl (C=O) groups excluding carboxylic acids is 3. The smallest absolute Gasteiger partial charge is 0.246 e. The number of hydrogen-bond donors (Lipinski definition) is 2. The third kappa shape index (κ3) is 7.72. The normalized spacial score (nSPS) is 23.1. The van der Waals surface area contributed by atoms with Gasteiger partial charge in [-0.3, -0.25) is 14.4 Å². The molecule has 3 amide bonds. The van der Waals surface area contributed by atoms with Crippen LogP contribution >= 0.6 is 0 Å². The van der Waals surface area contributed by atoms with Crippen molar-refractivity contribution in [1.82, 2.24) is 15.1 Å². The Hall–Kier alpha value is -4.53. The van der Waals surface area contributed by atoms with Crippen LogP contribution in [0.15, 0.2) is 116 Å². The minimum Gasteiger partial charge on any atom is -0.391 e. The number of aliphatic hydroxyl groups excluding tert-OH is 1. The predicted molar refractivity (Wildman–Crippen MR) is 201 cm³/mol. The monoisotopic (exact) mass is 689 g/mol. The van der Waals surface area contributed by atoms with Crippen LogP contribution in [0.5, 0.6) is 0 Å². The standard InChI is InChI=1S/C43H52N4O4/c1-3-25-47(26-4-2)27-15-16-33(32-47)30-44-41(50)38-23-14-24-45(38)42(51)39-28-37(48)31-46(39)40(49)29-43(34-17-8-5-9-18-34,35-19-10-6-11-20-35)36-21-12-7-13-22-36/h3-13,17-22,33,37-39,48H,1-2,14-16,23-32H2/p+1/t33-,37-,38-,39+/m1/s1. The van der Waals surface area contributed by atoms with E-state index in [9.17, 15) is 19.5 Å². The highest BCUT2D eigenvalue weighted by atomic mass is 16.3. The Bertz CT molecular complexity index is 1560. The van der Waals surface area contributed by atoms with Crippen molar-refractivity contribution >= 4 is 17.7 Å². The van der Waals surface area contributed by atoms with E-state index in [1.807, 2.05) is 103 Å². The number of amides is 3. The average Bonchev–Trinajstić information content (AvgIpc) is 3.81. The highest BCUT2D eigenvalue weighted by Gasteiger charge is 2.47. The molecule has 0 unspecified atom stereocenters. The summed E-state index contributed by atoms with van der Waals surface area (Å²) in [6.45, 7) is 12.8. The van der Waals surface area contributed by atoms with Crippen LogP contribution in [0.1, 0.15) is 55.2 Å². The van der Waals surface area contributed by atoms with Gasteiger partial charge in [0.2, 0.25) is 17.7 Å². The molecule has 0 spiro atoms. The maximum absolute atomic E-state index is 14.6. The van der Waals surface area contributed by atoms with Crippen molar-refractivity contribution in [3.05, 3.63) is 133 Å². The van der Waals surface area contributed by atoms with E-state index in [1.54, 1.807) is 9.80 Å². The number of nitrogens with zero attached hydrogens (tertiary/aromatic N) is 3. The van der Waals surface area contributed by atoms with Crippen molar-refractivity contribution in [2.45, 2.75) is 62.1 Å². The molecule has 0 aromatic heterocycles. The van der Waals surface area contributed by atoms with Crippen LogP contribution in [0, 0.1) is 5.92 Å². The van der Waals surface area contributed by atoms with E-state index in [-0.39, 0.29) is 37.1 Å². The van der Waals surface area contributed by atoms with Gasteiger partial charge in [0.15, 0.2) is 0 Å². The number of carbonyl (C=O) groups is 3. The quantitative estimate of drug-likeness (QED) is 0.149. The number of aliphatic hydroxyl groups is 1. The molecule has 8 nitrogen and oxygen atoms in total. The van der Waals surface area contributed by atoms with Crippen molar-refractivity contribution in [3.8, 4) is 0 Å². The van der Waals surface area contributed by atoms with E-state index < -0.39 is 23.6 Å². The highest BCUT2D eigenvalue weighted by Crippen LogP contribution is 2.43. The lowest BCUT2D eigenvalue weighted by molar-refractivity contribution is -0.925. The molecular weight excluding hydrogens is 636 g/mol. The highest BCUT2D eigenvalue weighted by molar-refractivity contribution is 5.93. The number of β-amino-alcohol motifs (C(OH)–C–C–N with tert-alkyl or cyclic N) is 1. The van der Waals surface area contributed by atoms with E-state index in [2.05, 4.69) is 18.5 Å². The van der Waals surface area contributed by atoms with Crippen molar-refractivity contribution in [2.75, 3.05) is 45.8 Å². The minimum absolute atomic E-state index is 0.0740. The summed E-state index contributed by atoms with van der Waals surface area (Å²) in [5.74, 6) is -0.262. The molecule has 8 heteroatoms. The molecular formula is C43H53N4O4+. The van der Waals surface area contributed by atoms with Crippen LogP contribution in [-0.2, 0) is 19.8 Å². The second-order valence-electron chi connectivity index (χ2n) is 14.8. The number of rotatable bonds is 13. The van der Waals surface area contributed by atoms with Crippen molar-refractivity contribution in [1.29, 1.82) is 0 Å². The van der Waals surface area contributed by atoms with Crippen LogP contribution in [-0.4, -0.2) is 101 Å². The molecule has 3 aliphatic rings. The fourth-order valence-corrected chi connectivity index (χ4v) is 9.05. The molecule has 0 saturated carbocycles. The summed E-state index contributed by atoms with van der Waals surface area (Å²) in [7, 11) is 0. The Morgan fingerprint density at radius 3 is 1.92 bits per heavy atom. The van der Waals surface area contributed by atoms with E-state index >= 15 is 0 Å². The van der Waals surface area contributed by atoms with Gasteiger partial charge >= 0.3 is 0 Å². The zero-order valence-corrected chi connectivity index (χ0v) is 29.7. The lowest BCUT2D eigenvalue weighted by Crippen LogP contribution is -2.57. The summed E-state index contributed by atoms with van der Waals surface area (Å²) in [5, 5.41) is 14.1. The number of quaternary nitrogens is 1. The second-order valence-corrected chi connectivity index (χ2v) is 14.8. The Balaban J connectivity index is 1.20. The van der Waals surface area contributed by atoms with Gasteiger partial charge in [0.1, 0.15) is 12.1 Å². The van der Waals surface area contributed by atoms with Crippen LogP contribution in [0.2, 0.25) is 0 Å². The maximum Gasteiger partial charge on any atom is 0.246 e. The topological polar surface area (TPSA) is 89.9 Å². The fraction of sp³-hybridized carbons (Fsp3) is 0.419. The van der Waals surface area contributed by atoms with Crippen molar-refractivity contribution < 1.29 is 24.0 Å². The van der Waals surface area contributed by atoms with E-state index in [4.69, 9.17) is 0 Å². The Morgan fingerprint density at radius 1 is 0.804 bits per heavy atom. The molecule has 6 rings (SSSR count). The minimum atomic E-state index is -0.838. The van der Waals surface area contributed by atoms with Crippen molar-refractivity contribution in [2.24, 2.45) is 5.92 Å². The Kier molecular flexibility index (Phi) is 11.5. The molecule has 3 heterocycles. The Labute approximate surface area is 303 Å². The van der Waals surface area contributed by atoms with Crippen molar-refractivity contribution in [3.63, 3.8) is 0 Å². The summed E-state index contributed by atoms with van der Waals surface area (Å²) in [6, 6.07) is 28.7. The van der Waals surface area contributed by atoms with E-state index in [1.165, 1.54) is 0 Å². The number of piperidine rings is 1. The SMILES string of the molecule is C=CC[N+]1(CC=C)CCC[C@H](CNC(=O)[C@H]2CCCN2C(=O)[C@@H]2C[C@@H](O)CN2C(=O)CC(c2ccccc2)(c2ccccc2)c2ccccc2)C1. The van der Waals surface area contributed by atoms with E-state index in [0.29, 0.717) is 31.8 Å². The molecule has 0 radical (unpaired) electrons. The van der Waals surface area contributed by atoms with Gasteiger partial charge in [-0.1, -0.05) is 104 Å². The van der Waals surface area contributed by atoms with E-state index in [0.717, 1.165) is 60.2 Å². The average molecular weight is 690 g/mol. The summed E-state index contributed by atoms with van der Waals surface area (Å²) in [4.78, 5) is 45.9. The first-order valence-electron chi connectivity index (χ1n) is 18.6. The molecule has 3 fully saturated rings. The molecule has 4 atom stereocenters. The van der Waals surface area contributed by atoms with Gasteiger partial charge in [0.05, 0.1) is 37.7 Å². The predicted octanol–water partition coefficient (Wildman–Crippen LogP) is 5.08. The largest absolute Gasteiger partial charge is 0.391 e. The molecule has 3 aromatic carbocycles. The van der Waals surface area contributed by atoms with Gasteiger partial charge in [0, 0.05) is 38.4 Å². The lowest BCUT2D eigenvalue weighted by Gasteiger charge is -2.43. The summed E-state index contributed by atoms with van der Waals surface area (Å²) >= 11 is 0. The summed E-state index contributed by atoms with van der Waals surface area (Å²) < 4.78 is 0.912. The fourth-order valence-electron chi connectivity index (χ4n) is 9.05. The van der Waals surface area contributed by atoms with Crippen LogP contribution in [0.4, 0.5) is 0 Å². The number of benzene rings is 3. The van der Waals surface area contributed by atoms with Gasteiger partial charge in [0.25, 0.3) is 0 Å². The lowest BCUT2D eigenvalue weighted by atomic mass is 9.67. The third-order valence-corrected chi connectivity index (χ3v) is 11.4. The first-order valence-corrected chi connectivity index (χ1v) is 18.6. The third-order valence-electron chi connectivity index (χ3n) is 11.4. The Morgan fingerprint density at radius 2 is 1.37 bits per heavy atom. The molecule has 2 N–H and O–H groups in total. The number of likely N-dealkylation sites (tertiary alicyclic amines) is 3. The van der Waals surface area contributed by atoms with Gasteiger partial charge < -0.3 is 24.7 Å². The molecule has 0 bridgehead atoms. The molecule has 3 saturated heterocycles. The van der Waals surface area contributed by atoms with Crippen LogP contribution in [0.25, 0.3) is 0 Å². The summed E-state index contributed by atoms with van der Waals surface area (Å²) in [6.07, 6.45) is 6.79. The van der Waals surface area contributed by atoms with Gasteiger partial charge in [-0.05, 0) is 54.5 Å². The second kappa shape index (κ2) is 16.2. The van der Waals surface area contributed by atoms with Crippen LogP contribution < -0.4 is 5.32 Å². The molecule has 51 heavy (non-hydrogen) atoms.